The molecule has 0 amide bonds. The monoisotopic (exact) mass is 604 g/mol. The first-order chi connectivity index (χ1) is 18.1. The fourth-order valence-corrected chi connectivity index (χ4v) is 3.08. The molecule has 0 saturated heterocycles. The third-order valence-electron chi connectivity index (χ3n) is 3.84. The Morgan fingerprint density at radius 2 is 0.875 bits per heavy atom. The Morgan fingerprint density at radius 3 is 1.05 bits per heavy atom. The Labute approximate surface area is 232 Å². The third kappa shape index (κ3) is 20.9. The minimum atomic E-state index is -4.44. The lowest BCUT2D eigenvalue weighted by molar-refractivity contribution is -0.117. The van der Waals surface area contributed by atoms with Crippen molar-refractivity contribution in [1.29, 1.82) is 0 Å². The van der Waals surface area contributed by atoms with Crippen molar-refractivity contribution in [2.75, 3.05) is 0 Å². The second kappa shape index (κ2) is 17.5. The van der Waals surface area contributed by atoms with Crippen molar-refractivity contribution in [1.82, 2.24) is 0 Å². The number of benzene rings is 3. The summed E-state index contributed by atoms with van der Waals surface area (Å²) in [4.78, 5) is -0.835. The fourth-order valence-electron chi connectivity index (χ4n) is 2.14. The van der Waals surface area contributed by atoms with E-state index in [-0.39, 0.29) is 11.9 Å². The molecule has 0 aromatic heterocycles. The van der Waals surface area contributed by atoms with Crippen molar-refractivity contribution in [3.05, 3.63) is 96.1 Å². The molecule has 3 aromatic rings. The second-order valence-electron chi connectivity index (χ2n) is 8.43. The molecule has 222 valence electrons. The lowest BCUT2D eigenvalue weighted by atomic mass is 9.87. The smallest absolute Gasteiger partial charge is 0.336 e. The first-order valence-electron chi connectivity index (χ1n) is 10.8. The molecule has 0 fully saturated rings. The molecule has 12 nitrogen and oxygen atoms in total. The molecule has 0 saturated carbocycles. The van der Waals surface area contributed by atoms with E-state index in [0.717, 1.165) is 48.5 Å². The van der Waals surface area contributed by atoms with Crippen molar-refractivity contribution in [2.24, 2.45) is 22.9 Å². The first-order valence-corrected chi connectivity index (χ1v) is 13.6. The van der Waals surface area contributed by atoms with Crippen LogP contribution in [0.3, 0.4) is 0 Å². The molecule has 0 heterocycles. The number of hydrogen-bond donors (Lipinski definition) is 6. The van der Waals surface area contributed by atoms with Gasteiger partial charge in [-0.15, -0.1) is 0 Å². The molecule has 0 unspecified atom stereocenters. The van der Waals surface area contributed by atoms with Gasteiger partial charge in [0, 0.05) is 0 Å². The van der Waals surface area contributed by atoms with Crippen LogP contribution in [0, 0.1) is 11.6 Å². The van der Waals surface area contributed by atoms with E-state index in [0.29, 0.717) is 5.41 Å². The fraction of sp³-hybridized carbons (Fsp3) is 0.167. The van der Waals surface area contributed by atoms with Crippen LogP contribution >= 0.6 is 0 Å². The molecule has 0 aliphatic rings. The number of halogens is 2. The quantitative estimate of drug-likeness (QED) is 0.112. The lowest BCUT2D eigenvalue weighted by Crippen LogP contribution is -2.51. The molecule has 40 heavy (non-hydrogen) atoms. The van der Waals surface area contributed by atoms with E-state index in [2.05, 4.69) is 84.9 Å². The summed E-state index contributed by atoms with van der Waals surface area (Å²) in [7, 11) is -8.87. The third-order valence-corrected chi connectivity index (χ3v) is 5.54. The molecule has 0 aliphatic carbocycles. The molecule has 0 radical (unpaired) electrons. The van der Waals surface area contributed by atoms with Crippen molar-refractivity contribution < 1.29 is 45.5 Å². The van der Waals surface area contributed by atoms with Gasteiger partial charge in [0.1, 0.15) is 31.9 Å². The Morgan fingerprint density at radius 1 is 0.625 bits per heavy atom. The average molecular weight is 605 g/mol. The zero-order chi connectivity index (χ0) is 31.7. The zero-order valence-electron chi connectivity index (χ0n) is 22.0. The van der Waals surface area contributed by atoms with E-state index in [4.69, 9.17) is 0 Å². The summed E-state index contributed by atoms with van der Waals surface area (Å²) in [6, 6.07) is 18.0. The predicted molar refractivity (Wildman–Crippen MR) is 144 cm³/mol. The van der Waals surface area contributed by atoms with Gasteiger partial charge < -0.3 is 9.11 Å². The van der Waals surface area contributed by atoms with Gasteiger partial charge in [-0.1, -0.05) is 51.1 Å². The molecule has 0 bridgehead atoms. The van der Waals surface area contributed by atoms with Crippen LogP contribution in [0.2, 0.25) is 0 Å². The summed E-state index contributed by atoms with van der Waals surface area (Å²) in [6.45, 7) is 6.67. The number of nitrogens with two attached hydrogens (primary N) is 6. The standard InChI is InChI=1S/C10H14.2C6H5FO3S.2CH5N3/c1-10(2,3)9-7-5-4-6-8-9;2*7-5-1-3-6(4-2-5)11(8,9)10;2*2-1(3)4/h4-8H,1-3H3;2*1-4H,(H,8,9,10);2*(H5,2,3,4). The molecular formula is C24H34F2N6O6S2. The molecule has 16 heteroatoms. The maximum atomic E-state index is 12.2. The highest BCUT2D eigenvalue weighted by Crippen LogP contribution is 2.20. The van der Waals surface area contributed by atoms with Gasteiger partial charge in [0.25, 0.3) is 0 Å². The van der Waals surface area contributed by atoms with Crippen molar-refractivity contribution in [2.45, 2.75) is 36.0 Å². The Bertz CT molecular complexity index is 1310. The van der Waals surface area contributed by atoms with Crippen LogP contribution < -0.4 is 33.8 Å². The van der Waals surface area contributed by atoms with Crippen LogP contribution in [0.4, 0.5) is 8.78 Å². The summed E-state index contributed by atoms with van der Waals surface area (Å²) in [5.41, 5.74) is 20.0. The molecule has 0 aliphatic heterocycles. The molecule has 0 spiro atoms. The van der Waals surface area contributed by atoms with Crippen LogP contribution in [-0.2, 0) is 25.7 Å². The largest absolute Gasteiger partial charge is 0.744 e. The minimum absolute atomic E-state index is 0.0833. The van der Waals surface area contributed by atoms with Crippen LogP contribution in [0.5, 0.6) is 0 Å². The van der Waals surface area contributed by atoms with Gasteiger partial charge in [-0.25, -0.2) is 25.6 Å². The molecule has 3 aromatic carbocycles. The number of hydrogen-bond acceptors (Lipinski definition) is 6. The van der Waals surface area contributed by atoms with Crippen LogP contribution in [0.15, 0.2) is 88.7 Å². The summed E-state index contributed by atoms with van der Waals surface area (Å²) < 4.78 is 86.0. The highest BCUT2D eigenvalue weighted by molar-refractivity contribution is 7.86. The number of rotatable bonds is 2. The summed E-state index contributed by atoms with van der Waals surface area (Å²) in [6.07, 6.45) is 0. The van der Waals surface area contributed by atoms with Crippen LogP contribution in [-0.4, -0.2) is 37.9 Å². The zero-order valence-corrected chi connectivity index (χ0v) is 23.6. The second-order valence-corrected chi connectivity index (χ2v) is 11.2. The van der Waals surface area contributed by atoms with E-state index in [9.17, 15) is 34.7 Å². The van der Waals surface area contributed by atoms with Crippen LogP contribution in [0.25, 0.3) is 0 Å². The lowest BCUT2D eigenvalue weighted by Gasteiger charge is -2.18. The topological polar surface area (TPSA) is 270 Å². The van der Waals surface area contributed by atoms with Gasteiger partial charge in [0.15, 0.2) is 0 Å². The maximum Gasteiger partial charge on any atom is 0.336 e. The minimum Gasteiger partial charge on any atom is -0.744 e. The van der Waals surface area contributed by atoms with Gasteiger partial charge in [-0.3, -0.25) is 33.8 Å². The molecule has 3 rings (SSSR count). The Kier molecular flexibility index (Phi) is 16.6. The van der Waals surface area contributed by atoms with E-state index in [1.807, 2.05) is 0 Å². The van der Waals surface area contributed by atoms with E-state index in [1.165, 1.54) is 5.56 Å². The van der Waals surface area contributed by atoms with E-state index in [1.54, 1.807) is 0 Å². The normalized spacial score (nSPS) is 10.4. The molecule has 12 N–H and O–H groups in total. The van der Waals surface area contributed by atoms with Crippen LogP contribution in [0.1, 0.15) is 26.3 Å². The Hall–Kier alpha value is -4.12. The molecular weight excluding hydrogens is 570 g/mol. The van der Waals surface area contributed by atoms with Crippen molar-refractivity contribution >= 4 is 32.2 Å². The highest BCUT2D eigenvalue weighted by Gasteiger charge is 2.11. The van der Waals surface area contributed by atoms with Gasteiger partial charge in [-0.05, 0) is 59.5 Å². The van der Waals surface area contributed by atoms with Crippen molar-refractivity contribution in [3.8, 4) is 0 Å². The predicted octanol–water partition coefficient (Wildman–Crippen LogP) is -1.52. The van der Waals surface area contributed by atoms with Gasteiger partial charge >= 0.3 is 11.9 Å². The molecule has 0 atom stereocenters. The van der Waals surface area contributed by atoms with Gasteiger partial charge in [-0.2, -0.15) is 0 Å². The van der Waals surface area contributed by atoms with Gasteiger partial charge in [0.05, 0.1) is 9.79 Å². The SMILES string of the molecule is CC(C)(C)c1ccccc1.NC(N)=[NH2+].NC(N)=[NH2+].O=S(=O)([O-])c1ccc(F)cc1.O=S(=O)([O-])c1ccc(F)cc1. The maximum absolute atomic E-state index is 12.2. The van der Waals surface area contributed by atoms with Gasteiger partial charge in [0.2, 0.25) is 0 Å². The van der Waals surface area contributed by atoms with Crippen molar-refractivity contribution in [3.63, 3.8) is 0 Å². The summed E-state index contributed by atoms with van der Waals surface area (Å²) in [5, 5.41) is 9.17. The summed E-state index contributed by atoms with van der Waals surface area (Å²) >= 11 is 0. The van der Waals surface area contributed by atoms with E-state index >= 15 is 0 Å². The van der Waals surface area contributed by atoms with E-state index < -0.39 is 41.7 Å². The highest BCUT2D eigenvalue weighted by atomic mass is 32.2. The average Bonchev–Trinajstić information content (AvgIpc) is 2.79. The Balaban J connectivity index is 0. The first kappa shape index (κ1) is 38.0. The summed E-state index contributed by atoms with van der Waals surface area (Å²) in [5.74, 6) is -1.31. The number of guanidine groups is 2.